The Kier molecular flexibility index (Phi) is 4.28. The van der Waals surface area contributed by atoms with Crippen molar-refractivity contribution in [1.82, 2.24) is 29.5 Å². The Balaban J connectivity index is 1.32. The fourth-order valence-electron chi connectivity index (χ4n) is 4.28. The summed E-state index contributed by atoms with van der Waals surface area (Å²) in [5, 5.41) is 17.9. The molecule has 4 heterocycles. The molecule has 0 bridgehead atoms. The van der Waals surface area contributed by atoms with Gasteiger partial charge in [-0.1, -0.05) is 12.1 Å². The number of H-pyrrole nitrogens is 1. The minimum absolute atomic E-state index is 0.0759. The maximum Gasteiger partial charge on any atom is 0.320 e. The molecule has 29 heavy (non-hydrogen) atoms. The lowest BCUT2D eigenvalue weighted by Crippen LogP contribution is -2.48. The molecule has 8 nitrogen and oxygen atoms in total. The minimum Gasteiger partial charge on any atom is -0.331 e. The quantitative estimate of drug-likeness (QED) is 0.650. The molecule has 146 valence electrons. The van der Waals surface area contributed by atoms with E-state index in [4.69, 9.17) is 0 Å². The molecule has 0 atom stereocenters. The van der Waals surface area contributed by atoms with Gasteiger partial charge < -0.3 is 14.4 Å². The number of nitrogens with zero attached hydrogens (tertiary/aromatic N) is 6. The lowest BCUT2D eigenvalue weighted by Gasteiger charge is -2.36. The van der Waals surface area contributed by atoms with E-state index >= 15 is 0 Å². The molecule has 5 rings (SSSR count). The summed E-state index contributed by atoms with van der Waals surface area (Å²) in [6, 6.07) is 8.34. The fourth-order valence-corrected chi connectivity index (χ4v) is 4.28. The zero-order chi connectivity index (χ0) is 19.8. The molecule has 1 aromatic carbocycles. The second-order valence-electron chi connectivity index (χ2n) is 7.50. The standard InChI is InChI=1S/C21H21N7O/c22-10-18(17-2-1-3-20-19(17)12-24-25-20)15-4-6-26(7-5-15)21(29)27-8-9-28-14-23-11-16(28)13-27/h1-3,11-12,14H,4-9,13H2,(H,24,25). The number of hydrogen-bond acceptors (Lipinski definition) is 4. The van der Waals surface area contributed by atoms with Gasteiger partial charge in [0.15, 0.2) is 0 Å². The third kappa shape index (κ3) is 3.05. The molecule has 8 heteroatoms. The van der Waals surface area contributed by atoms with Gasteiger partial charge in [-0.15, -0.1) is 0 Å². The smallest absolute Gasteiger partial charge is 0.320 e. The first-order chi connectivity index (χ1) is 14.2. The Hall–Kier alpha value is -3.60. The van der Waals surface area contributed by atoms with Crippen molar-refractivity contribution in [3.05, 3.63) is 53.8 Å². The Morgan fingerprint density at radius 3 is 2.79 bits per heavy atom. The van der Waals surface area contributed by atoms with Crippen LogP contribution in [-0.2, 0) is 13.1 Å². The molecule has 2 aliphatic heterocycles. The van der Waals surface area contributed by atoms with Gasteiger partial charge in [-0.2, -0.15) is 10.4 Å². The lowest BCUT2D eigenvalue weighted by molar-refractivity contribution is 0.137. The summed E-state index contributed by atoms with van der Waals surface area (Å²) in [4.78, 5) is 20.9. The molecule has 0 spiro atoms. The normalized spacial score (nSPS) is 16.6. The number of piperidine rings is 1. The van der Waals surface area contributed by atoms with Gasteiger partial charge in [0.1, 0.15) is 0 Å². The Labute approximate surface area is 168 Å². The zero-order valence-corrected chi connectivity index (χ0v) is 16.0. The zero-order valence-electron chi connectivity index (χ0n) is 16.0. The van der Waals surface area contributed by atoms with Gasteiger partial charge in [0.2, 0.25) is 0 Å². The number of rotatable bonds is 1. The summed E-state index contributed by atoms with van der Waals surface area (Å²) >= 11 is 0. The highest BCUT2D eigenvalue weighted by Crippen LogP contribution is 2.31. The van der Waals surface area contributed by atoms with E-state index in [9.17, 15) is 10.1 Å². The highest BCUT2D eigenvalue weighted by Gasteiger charge is 2.28. The van der Waals surface area contributed by atoms with Gasteiger partial charge in [0.05, 0.1) is 41.9 Å². The van der Waals surface area contributed by atoms with Gasteiger partial charge in [-0.3, -0.25) is 5.10 Å². The second-order valence-corrected chi connectivity index (χ2v) is 7.50. The van der Waals surface area contributed by atoms with Gasteiger partial charge in [-0.25, -0.2) is 9.78 Å². The largest absolute Gasteiger partial charge is 0.331 e. The second kappa shape index (κ2) is 7.09. The average Bonchev–Trinajstić information content (AvgIpc) is 3.43. The predicted molar refractivity (Wildman–Crippen MR) is 107 cm³/mol. The minimum atomic E-state index is 0.0759. The van der Waals surface area contributed by atoms with E-state index in [1.165, 1.54) is 0 Å². The van der Waals surface area contributed by atoms with Crippen molar-refractivity contribution in [3.63, 3.8) is 0 Å². The summed E-state index contributed by atoms with van der Waals surface area (Å²) in [5.74, 6) is 0. The predicted octanol–water partition coefficient (Wildman–Crippen LogP) is 2.77. The van der Waals surface area contributed by atoms with Crippen LogP contribution in [0.4, 0.5) is 4.79 Å². The number of likely N-dealkylation sites (tertiary alicyclic amines) is 1. The molecule has 2 amide bonds. The summed E-state index contributed by atoms with van der Waals surface area (Å²) in [6.45, 7) is 3.36. The fraction of sp³-hybridized carbons (Fsp3) is 0.333. The van der Waals surface area contributed by atoms with E-state index in [-0.39, 0.29) is 6.03 Å². The average molecular weight is 387 g/mol. The highest BCUT2D eigenvalue weighted by molar-refractivity contribution is 5.96. The Morgan fingerprint density at radius 1 is 1.10 bits per heavy atom. The monoisotopic (exact) mass is 387 g/mol. The van der Waals surface area contributed by atoms with E-state index in [1.807, 2.05) is 40.5 Å². The number of amides is 2. The number of allylic oxidation sites excluding steroid dienone is 1. The van der Waals surface area contributed by atoms with Gasteiger partial charge in [0.25, 0.3) is 0 Å². The van der Waals surface area contributed by atoms with Crippen LogP contribution in [0.3, 0.4) is 0 Å². The number of hydrogen-bond donors (Lipinski definition) is 1. The van der Waals surface area contributed by atoms with Gasteiger partial charge in [-0.05, 0) is 24.5 Å². The van der Waals surface area contributed by atoms with Crippen molar-refractivity contribution in [2.45, 2.75) is 25.9 Å². The number of imidazole rings is 1. The first-order valence-electron chi connectivity index (χ1n) is 9.82. The van der Waals surface area contributed by atoms with Crippen LogP contribution in [0.1, 0.15) is 24.1 Å². The van der Waals surface area contributed by atoms with Crippen molar-refractivity contribution >= 4 is 22.5 Å². The van der Waals surface area contributed by atoms with E-state index < -0.39 is 0 Å². The Morgan fingerprint density at radius 2 is 1.97 bits per heavy atom. The number of nitrogens with one attached hydrogen (secondary N) is 1. The topological polar surface area (TPSA) is 93.8 Å². The maximum atomic E-state index is 13.0. The molecule has 0 radical (unpaired) electrons. The van der Waals surface area contributed by atoms with Crippen LogP contribution in [-0.4, -0.2) is 55.2 Å². The van der Waals surface area contributed by atoms with Crippen molar-refractivity contribution in [3.8, 4) is 6.07 Å². The van der Waals surface area contributed by atoms with Crippen LogP contribution < -0.4 is 0 Å². The number of aromatic amines is 1. The SMILES string of the molecule is N#CC(=C1CCN(C(=O)N2CCn3cncc3C2)CC1)c1cccc2[nH]ncc12. The first kappa shape index (κ1) is 17.5. The molecule has 1 N–H and O–H groups in total. The van der Waals surface area contributed by atoms with Crippen LogP contribution in [0.5, 0.6) is 0 Å². The van der Waals surface area contributed by atoms with Crippen molar-refractivity contribution in [1.29, 1.82) is 5.26 Å². The molecule has 2 aromatic heterocycles. The number of fused-ring (bicyclic) bond motifs is 2. The maximum absolute atomic E-state index is 13.0. The summed E-state index contributed by atoms with van der Waals surface area (Å²) in [5.41, 5.74) is 4.74. The van der Waals surface area contributed by atoms with Gasteiger partial charge >= 0.3 is 6.03 Å². The van der Waals surface area contributed by atoms with Gasteiger partial charge in [0, 0.05) is 43.3 Å². The number of urea groups is 1. The van der Waals surface area contributed by atoms with E-state index in [0.29, 0.717) is 44.6 Å². The molecular formula is C21H21N7O. The van der Waals surface area contributed by atoms with Crippen molar-refractivity contribution in [2.75, 3.05) is 19.6 Å². The highest BCUT2D eigenvalue weighted by atomic mass is 16.2. The van der Waals surface area contributed by atoms with E-state index in [1.54, 1.807) is 6.20 Å². The molecule has 0 aliphatic carbocycles. The van der Waals surface area contributed by atoms with E-state index in [2.05, 4.69) is 25.8 Å². The van der Waals surface area contributed by atoms with Crippen molar-refractivity contribution in [2.24, 2.45) is 0 Å². The molecule has 3 aromatic rings. The van der Waals surface area contributed by atoms with Crippen LogP contribution >= 0.6 is 0 Å². The lowest BCUT2D eigenvalue weighted by atomic mass is 9.92. The number of nitriles is 1. The number of carbonyl (C=O) groups excluding carboxylic acids is 1. The third-order valence-corrected chi connectivity index (χ3v) is 5.89. The summed E-state index contributed by atoms with van der Waals surface area (Å²) < 4.78 is 2.09. The van der Waals surface area contributed by atoms with Crippen LogP contribution in [0.2, 0.25) is 0 Å². The molecular weight excluding hydrogens is 366 g/mol. The van der Waals surface area contributed by atoms with Crippen LogP contribution in [0, 0.1) is 11.3 Å². The van der Waals surface area contributed by atoms with Crippen molar-refractivity contribution < 1.29 is 4.79 Å². The molecule has 1 fully saturated rings. The van der Waals surface area contributed by atoms with E-state index in [0.717, 1.165) is 34.3 Å². The van der Waals surface area contributed by atoms with Crippen LogP contribution in [0.15, 0.2) is 42.5 Å². The number of aromatic nitrogens is 4. The summed E-state index contributed by atoms with van der Waals surface area (Å²) in [6.07, 6.45) is 6.84. The molecule has 2 aliphatic rings. The third-order valence-electron chi connectivity index (χ3n) is 5.89. The molecule has 1 saturated heterocycles. The first-order valence-corrected chi connectivity index (χ1v) is 9.82. The summed E-state index contributed by atoms with van der Waals surface area (Å²) in [7, 11) is 0. The van der Waals surface area contributed by atoms with Crippen LogP contribution in [0.25, 0.3) is 16.5 Å². The number of carbonyl (C=O) groups is 1. The number of benzene rings is 1. The Bertz CT molecular complexity index is 1140. The molecule has 0 unspecified atom stereocenters. The molecule has 0 saturated carbocycles.